The van der Waals surface area contributed by atoms with E-state index in [9.17, 15) is 0 Å². The molecule has 78 valence electrons. The zero-order valence-electron chi connectivity index (χ0n) is 8.77. The van der Waals surface area contributed by atoms with Gasteiger partial charge in [-0.05, 0) is 19.5 Å². The summed E-state index contributed by atoms with van der Waals surface area (Å²) in [5.41, 5.74) is 0. The smallest absolute Gasteiger partial charge is 0.0307 e. The molecule has 13 heavy (non-hydrogen) atoms. The molecule has 0 rings (SSSR count). The fourth-order valence-corrected chi connectivity index (χ4v) is 1.30. The van der Waals surface area contributed by atoms with Crippen molar-refractivity contribution in [2.24, 2.45) is 0 Å². The normalized spacial score (nSPS) is 10.8. The first-order valence-electron chi connectivity index (χ1n) is 4.97. The number of likely N-dealkylation sites (N-methyl/N-ethyl adjacent to an activating group) is 1. The monoisotopic (exact) mass is 204 g/mol. The van der Waals surface area contributed by atoms with Crippen LogP contribution in [-0.4, -0.2) is 37.6 Å². The van der Waals surface area contributed by atoms with Crippen molar-refractivity contribution in [1.82, 2.24) is 10.2 Å². The van der Waals surface area contributed by atoms with E-state index in [4.69, 9.17) is 11.6 Å². The third kappa shape index (κ3) is 8.28. The average molecular weight is 205 g/mol. The maximum absolute atomic E-state index is 5.62. The summed E-state index contributed by atoms with van der Waals surface area (Å²) in [4.78, 5) is 2.42. The molecule has 0 saturated heterocycles. The summed E-state index contributed by atoms with van der Waals surface area (Å²) < 4.78 is 0. The summed E-state index contributed by atoms with van der Waals surface area (Å²) in [5.74, 6) is 0. The first-order valence-corrected chi connectivity index (χ1v) is 5.34. The van der Waals surface area contributed by atoms with Gasteiger partial charge in [0.1, 0.15) is 0 Å². The maximum atomic E-state index is 5.62. The van der Waals surface area contributed by atoms with Gasteiger partial charge >= 0.3 is 0 Å². The second-order valence-corrected chi connectivity index (χ2v) is 3.66. The lowest BCUT2D eigenvalue weighted by Crippen LogP contribution is -2.32. The standard InChI is InChI=1S/C10H21ClN2/c1-4-7-13(5-2)8-6-12-9-10(3)11/h12H,3-9H2,1-2H3. The molecule has 0 saturated carbocycles. The molecule has 0 aromatic carbocycles. The minimum atomic E-state index is 0.679. The van der Waals surface area contributed by atoms with Crippen molar-refractivity contribution < 1.29 is 0 Å². The van der Waals surface area contributed by atoms with Crippen LogP contribution in [0.2, 0.25) is 0 Å². The molecule has 0 amide bonds. The van der Waals surface area contributed by atoms with Gasteiger partial charge < -0.3 is 10.2 Å². The van der Waals surface area contributed by atoms with Crippen molar-refractivity contribution in [3.63, 3.8) is 0 Å². The third-order valence-electron chi connectivity index (χ3n) is 1.91. The Morgan fingerprint density at radius 3 is 2.54 bits per heavy atom. The van der Waals surface area contributed by atoms with Crippen LogP contribution in [0, 0.1) is 0 Å². The van der Waals surface area contributed by atoms with Gasteiger partial charge in [-0.1, -0.05) is 32.0 Å². The Morgan fingerprint density at radius 2 is 2.08 bits per heavy atom. The Balaban J connectivity index is 3.32. The fourth-order valence-electron chi connectivity index (χ4n) is 1.21. The predicted molar refractivity (Wildman–Crippen MR) is 60.3 cm³/mol. The molecule has 0 aliphatic carbocycles. The first-order chi connectivity index (χ1) is 6.20. The van der Waals surface area contributed by atoms with Crippen molar-refractivity contribution in [3.05, 3.63) is 11.6 Å². The molecule has 0 heterocycles. The van der Waals surface area contributed by atoms with Gasteiger partial charge in [0, 0.05) is 24.7 Å². The fraction of sp³-hybridized carbons (Fsp3) is 0.800. The van der Waals surface area contributed by atoms with Gasteiger partial charge in [-0.3, -0.25) is 0 Å². The highest BCUT2D eigenvalue weighted by atomic mass is 35.5. The van der Waals surface area contributed by atoms with Crippen LogP contribution >= 0.6 is 11.6 Å². The number of hydrogen-bond acceptors (Lipinski definition) is 2. The topological polar surface area (TPSA) is 15.3 Å². The lowest BCUT2D eigenvalue weighted by atomic mass is 10.4. The van der Waals surface area contributed by atoms with Crippen LogP contribution in [0.15, 0.2) is 11.6 Å². The molecule has 2 nitrogen and oxygen atoms in total. The third-order valence-corrected chi connectivity index (χ3v) is 2.04. The Bertz CT molecular complexity index is 137. The van der Waals surface area contributed by atoms with Crippen molar-refractivity contribution in [3.8, 4) is 0 Å². The van der Waals surface area contributed by atoms with E-state index in [0.29, 0.717) is 11.6 Å². The highest BCUT2D eigenvalue weighted by molar-refractivity contribution is 6.29. The van der Waals surface area contributed by atoms with E-state index < -0.39 is 0 Å². The summed E-state index contributed by atoms with van der Waals surface area (Å²) in [6.45, 7) is 13.1. The highest BCUT2D eigenvalue weighted by Crippen LogP contribution is 1.92. The Kier molecular flexibility index (Phi) is 8.51. The summed E-state index contributed by atoms with van der Waals surface area (Å²) in [5, 5.41) is 3.91. The number of hydrogen-bond donors (Lipinski definition) is 1. The summed E-state index contributed by atoms with van der Waals surface area (Å²) in [6, 6.07) is 0. The Labute approximate surface area is 86.9 Å². The van der Waals surface area contributed by atoms with Gasteiger partial charge in [0.2, 0.25) is 0 Å². The molecular formula is C10H21ClN2. The van der Waals surface area contributed by atoms with Crippen molar-refractivity contribution >= 4 is 11.6 Å². The largest absolute Gasteiger partial charge is 0.311 e. The van der Waals surface area contributed by atoms with Crippen LogP contribution in [-0.2, 0) is 0 Å². The van der Waals surface area contributed by atoms with Gasteiger partial charge in [-0.2, -0.15) is 0 Å². The van der Waals surface area contributed by atoms with E-state index in [1.807, 2.05) is 0 Å². The first kappa shape index (κ1) is 12.9. The zero-order chi connectivity index (χ0) is 10.1. The predicted octanol–water partition coefficient (Wildman–Crippen LogP) is 2.06. The quantitative estimate of drug-likeness (QED) is 0.609. The summed E-state index contributed by atoms with van der Waals surface area (Å²) in [6.07, 6.45) is 1.22. The van der Waals surface area contributed by atoms with E-state index in [0.717, 1.165) is 19.6 Å². The van der Waals surface area contributed by atoms with Crippen LogP contribution in [0.3, 0.4) is 0 Å². The number of nitrogens with zero attached hydrogens (tertiary/aromatic N) is 1. The molecule has 0 fully saturated rings. The molecule has 1 N–H and O–H groups in total. The van der Waals surface area contributed by atoms with Gasteiger partial charge in [0.15, 0.2) is 0 Å². The molecule has 0 radical (unpaired) electrons. The van der Waals surface area contributed by atoms with Crippen LogP contribution in [0.25, 0.3) is 0 Å². The van der Waals surface area contributed by atoms with E-state index >= 15 is 0 Å². The Hall–Kier alpha value is -0.0500. The van der Waals surface area contributed by atoms with Gasteiger partial charge in [-0.15, -0.1) is 0 Å². The lowest BCUT2D eigenvalue weighted by Gasteiger charge is -2.19. The summed E-state index contributed by atoms with van der Waals surface area (Å²) in [7, 11) is 0. The van der Waals surface area contributed by atoms with E-state index in [-0.39, 0.29) is 0 Å². The number of rotatable bonds is 8. The highest BCUT2D eigenvalue weighted by Gasteiger charge is 1.98. The van der Waals surface area contributed by atoms with Crippen molar-refractivity contribution in [1.29, 1.82) is 0 Å². The number of nitrogens with one attached hydrogen (secondary N) is 1. The Morgan fingerprint density at radius 1 is 1.38 bits per heavy atom. The van der Waals surface area contributed by atoms with Crippen LogP contribution in [0.1, 0.15) is 20.3 Å². The minimum absolute atomic E-state index is 0.679. The molecular weight excluding hydrogens is 184 g/mol. The zero-order valence-corrected chi connectivity index (χ0v) is 9.53. The van der Waals surface area contributed by atoms with E-state index in [2.05, 4.69) is 30.6 Å². The van der Waals surface area contributed by atoms with Gasteiger partial charge in [-0.25, -0.2) is 0 Å². The average Bonchev–Trinajstić information content (AvgIpc) is 2.10. The molecule has 0 aliphatic rings. The number of halogens is 1. The van der Waals surface area contributed by atoms with Gasteiger partial charge in [0.25, 0.3) is 0 Å². The minimum Gasteiger partial charge on any atom is -0.311 e. The van der Waals surface area contributed by atoms with Gasteiger partial charge in [0.05, 0.1) is 0 Å². The lowest BCUT2D eigenvalue weighted by molar-refractivity contribution is 0.289. The molecule has 0 atom stereocenters. The van der Waals surface area contributed by atoms with Crippen LogP contribution in [0.4, 0.5) is 0 Å². The molecule has 0 aromatic heterocycles. The molecule has 0 unspecified atom stereocenters. The molecule has 0 bridgehead atoms. The molecule has 3 heteroatoms. The van der Waals surface area contributed by atoms with Crippen LogP contribution in [0.5, 0.6) is 0 Å². The van der Waals surface area contributed by atoms with Crippen molar-refractivity contribution in [2.45, 2.75) is 20.3 Å². The van der Waals surface area contributed by atoms with Crippen molar-refractivity contribution in [2.75, 3.05) is 32.7 Å². The SMILES string of the molecule is C=C(Cl)CNCCN(CC)CCC. The second kappa shape index (κ2) is 8.54. The molecule has 0 spiro atoms. The van der Waals surface area contributed by atoms with E-state index in [1.54, 1.807) is 0 Å². The van der Waals surface area contributed by atoms with E-state index in [1.165, 1.54) is 13.0 Å². The van der Waals surface area contributed by atoms with Crippen LogP contribution < -0.4 is 5.32 Å². The maximum Gasteiger partial charge on any atom is 0.0307 e. The molecule has 0 aromatic rings. The summed E-state index contributed by atoms with van der Waals surface area (Å²) >= 11 is 5.62. The second-order valence-electron chi connectivity index (χ2n) is 3.13. The molecule has 0 aliphatic heterocycles.